The average Bonchev–Trinajstić information content (AvgIpc) is 2.49. The first-order valence-corrected chi connectivity index (χ1v) is 8.51. The van der Waals surface area contributed by atoms with Crippen LogP contribution < -0.4 is 10.0 Å². The van der Waals surface area contributed by atoms with Gasteiger partial charge in [-0.15, -0.1) is 0 Å². The summed E-state index contributed by atoms with van der Waals surface area (Å²) in [6.45, 7) is -0.463. The maximum Gasteiger partial charge on any atom is 0.511 e. The van der Waals surface area contributed by atoms with Crippen LogP contribution >= 0.6 is 11.8 Å². The van der Waals surface area contributed by atoms with Gasteiger partial charge in [-0.1, -0.05) is 17.8 Å². The Bertz CT molecular complexity index is 856. The molecule has 11 heteroatoms. The largest absolute Gasteiger partial charge is 0.511 e. The summed E-state index contributed by atoms with van der Waals surface area (Å²) in [7, 11) is -5.36. The fourth-order valence-corrected chi connectivity index (χ4v) is 3.25. The van der Waals surface area contributed by atoms with Crippen LogP contribution in [0.2, 0.25) is 0 Å². The highest BCUT2D eigenvalue weighted by Crippen LogP contribution is 2.42. The van der Waals surface area contributed by atoms with Crippen molar-refractivity contribution >= 4 is 33.3 Å². The van der Waals surface area contributed by atoms with E-state index in [-0.39, 0.29) is 0 Å². The Kier molecular flexibility index (Phi) is 3.94. The Hall–Kier alpha value is -1.85. The average molecular weight is 362 g/mol. The highest BCUT2D eigenvalue weighted by Gasteiger charge is 2.45. The van der Waals surface area contributed by atoms with E-state index in [2.05, 4.69) is 15.3 Å². The summed E-state index contributed by atoms with van der Waals surface area (Å²) in [5.74, 6) is 0.540. The molecule has 23 heavy (non-hydrogen) atoms. The van der Waals surface area contributed by atoms with Crippen LogP contribution in [-0.2, 0) is 16.6 Å². The molecule has 3 rings (SSSR count). The van der Waals surface area contributed by atoms with Crippen LogP contribution in [-0.4, -0.2) is 23.9 Å². The number of fused-ring (bicyclic) bond motifs is 2. The second kappa shape index (κ2) is 5.65. The van der Waals surface area contributed by atoms with Crippen LogP contribution in [0, 0.1) is 0 Å². The number of benzene rings is 1. The molecule has 1 aliphatic rings. The van der Waals surface area contributed by atoms with Gasteiger partial charge in [0.1, 0.15) is 5.03 Å². The van der Waals surface area contributed by atoms with Gasteiger partial charge in [0.15, 0.2) is 5.82 Å². The van der Waals surface area contributed by atoms with E-state index < -0.39 is 22.1 Å². The van der Waals surface area contributed by atoms with E-state index in [0.717, 1.165) is 4.90 Å². The number of rotatable bonds is 3. The van der Waals surface area contributed by atoms with Crippen LogP contribution in [0.25, 0.3) is 0 Å². The topological polar surface area (TPSA) is 84.0 Å². The summed E-state index contributed by atoms with van der Waals surface area (Å²) >= 11 is 1.36. The molecule has 0 saturated carbocycles. The lowest BCUT2D eigenvalue weighted by molar-refractivity contribution is -0.0448. The lowest BCUT2D eigenvalue weighted by Gasteiger charge is -2.19. The SMILES string of the molecule is O=S(=O)(NCc1ccc2c(c1)Nc1nccnc1S2)C(F)(F)F. The van der Waals surface area contributed by atoms with Crippen LogP contribution in [0.4, 0.5) is 24.7 Å². The predicted octanol–water partition coefficient (Wildman–Crippen LogP) is 2.62. The lowest BCUT2D eigenvalue weighted by Crippen LogP contribution is -2.36. The van der Waals surface area contributed by atoms with E-state index >= 15 is 0 Å². The minimum atomic E-state index is -5.36. The first kappa shape index (κ1) is 16.0. The second-order valence-corrected chi connectivity index (χ2v) is 7.33. The number of nitrogens with zero attached hydrogens (tertiary/aromatic N) is 2. The van der Waals surface area contributed by atoms with Crippen molar-refractivity contribution < 1.29 is 21.6 Å². The third-order valence-corrected chi connectivity index (χ3v) is 5.14. The van der Waals surface area contributed by atoms with Gasteiger partial charge in [-0.3, -0.25) is 0 Å². The third-order valence-electron chi connectivity index (χ3n) is 2.94. The number of nitrogens with one attached hydrogen (secondary N) is 2. The number of anilines is 2. The highest BCUT2D eigenvalue weighted by molar-refractivity contribution is 7.99. The summed E-state index contributed by atoms with van der Waals surface area (Å²) in [5.41, 5.74) is -4.31. The molecule has 2 N–H and O–H groups in total. The van der Waals surface area contributed by atoms with Crippen LogP contribution in [0.15, 0.2) is 40.5 Å². The van der Waals surface area contributed by atoms with Crippen molar-refractivity contribution in [2.24, 2.45) is 0 Å². The maximum atomic E-state index is 12.3. The van der Waals surface area contributed by atoms with Gasteiger partial charge >= 0.3 is 15.5 Å². The Morgan fingerprint density at radius 2 is 1.96 bits per heavy atom. The van der Waals surface area contributed by atoms with Crippen LogP contribution in [0.5, 0.6) is 0 Å². The van der Waals surface area contributed by atoms with Crippen LogP contribution in [0.3, 0.4) is 0 Å². The number of hydrogen-bond donors (Lipinski definition) is 2. The summed E-state index contributed by atoms with van der Waals surface area (Å²) < 4.78 is 60.4. The monoisotopic (exact) mass is 362 g/mol. The molecular weight excluding hydrogens is 353 g/mol. The molecule has 0 saturated heterocycles. The quantitative estimate of drug-likeness (QED) is 0.745. The zero-order valence-electron chi connectivity index (χ0n) is 11.3. The zero-order valence-corrected chi connectivity index (χ0v) is 12.9. The number of halogens is 3. The minimum absolute atomic E-state index is 0.386. The number of sulfonamides is 1. The molecule has 2 heterocycles. The summed E-state index contributed by atoms with van der Waals surface area (Å²) in [4.78, 5) is 9.09. The van der Waals surface area contributed by atoms with E-state index in [1.54, 1.807) is 24.4 Å². The van der Waals surface area contributed by atoms with E-state index in [1.807, 2.05) is 0 Å². The molecule has 1 aromatic carbocycles. The zero-order chi connectivity index (χ0) is 16.7. The molecule has 1 aliphatic heterocycles. The minimum Gasteiger partial charge on any atom is -0.337 e. The predicted molar refractivity (Wildman–Crippen MR) is 77.7 cm³/mol. The molecule has 0 aliphatic carbocycles. The molecule has 122 valence electrons. The second-order valence-electron chi connectivity index (χ2n) is 4.54. The lowest BCUT2D eigenvalue weighted by atomic mass is 10.2. The maximum absolute atomic E-state index is 12.3. The van der Waals surface area contributed by atoms with E-state index in [0.29, 0.717) is 22.1 Å². The fraction of sp³-hybridized carbons (Fsp3) is 0.167. The van der Waals surface area contributed by atoms with Gasteiger partial charge in [0.05, 0.1) is 5.69 Å². The molecule has 0 amide bonds. The molecule has 2 aromatic rings. The Morgan fingerprint density at radius 1 is 1.22 bits per heavy atom. The highest BCUT2D eigenvalue weighted by atomic mass is 32.2. The molecule has 0 bridgehead atoms. The van der Waals surface area contributed by atoms with Gasteiger partial charge in [0.2, 0.25) is 0 Å². The first-order valence-electron chi connectivity index (χ1n) is 6.21. The van der Waals surface area contributed by atoms with Crippen molar-refractivity contribution in [1.82, 2.24) is 14.7 Å². The molecule has 0 spiro atoms. The van der Waals surface area contributed by atoms with E-state index in [4.69, 9.17) is 0 Å². The summed E-state index contributed by atoms with van der Waals surface area (Å²) in [6.07, 6.45) is 3.07. The standard InChI is InChI=1S/C12H9F3N4O2S2/c13-12(14,15)23(20,21)18-6-7-1-2-9-8(5-7)19-10-11(22-9)17-4-3-16-10/h1-5,18H,6H2,(H,16,19). The first-order chi connectivity index (χ1) is 10.8. The van der Waals surface area contributed by atoms with E-state index in [1.165, 1.54) is 22.7 Å². The van der Waals surface area contributed by atoms with Gasteiger partial charge in [-0.25, -0.2) is 23.1 Å². The molecular formula is C12H9F3N4O2S2. The molecule has 6 nitrogen and oxygen atoms in total. The number of alkyl halides is 3. The summed E-state index contributed by atoms with van der Waals surface area (Å²) in [6, 6.07) is 4.80. The number of hydrogen-bond acceptors (Lipinski definition) is 6. The van der Waals surface area contributed by atoms with Crippen molar-refractivity contribution in [3.05, 3.63) is 36.2 Å². The van der Waals surface area contributed by atoms with Gasteiger partial charge in [0, 0.05) is 23.8 Å². The Morgan fingerprint density at radius 3 is 2.70 bits per heavy atom. The van der Waals surface area contributed by atoms with Gasteiger partial charge in [0.25, 0.3) is 0 Å². The Balaban J connectivity index is 1.78. The molecule has 0 unspecified atom stereocenters. The van der Waals surface area contributed by atoms with Crippen LogP contribution in [0.1, 0.15) is 5.56 Å². The normalized spacial score (nSPS) is 13.9. The number of aromatic nitrogens is 2. The Labute approximate surface area is 133 Å². The van der Waals surface area contributed by atoms with E-state index in [9.17, 15) is 21.6 Å². The molecule has 0 atom stereocenters. The van der Waals surface area contributed by atoms with Gasteiger partial charge in [-0.05, 0) is 17.7 Å². The van der Waals surface area contributed by atoms with Gasteiger partial charge in [-0.2, -0.15) is 13.2 Å². The van der Waals surface area contributed by atoms with Gasteiger partial charge < -0.3 is 5.32 Å². The van der Waals surface area contributed by atoms with Crippen molar-refractivity contribution in [3.63, 3.8) is 0 Å². The molecule has 0 radical (unpaired) electrons. The van der Waals surface area contributed by atoms with Crippen molar-refractivity contribution in [2.75, 3.05) is 5.32 Å². The third kappa shape index (κ3) is 3.26. The van der Waals surface area contributed by atoms with Crippen molar-refractivity contribution in [3.8, 4) is 0 Å². The van der Waals surface area contributed by atoms with Crippen molar-refractivity contribution in [1.29, 1.82) is 0 Å². The molecule has 1 aromatic heterocycles. The smallest absolute Gasteiger partial charge is 0.337 e. The van der Waals surface area contributed by atoms with Crippen molar-refractivity contribution in [2.45, 2.75) is 22.0 Å². The fourth-order valence-electron chi connectivity index (χ4n) is 1.85. The summed E-state index contributed by atoms with van der Waals surface area (Å²) in [5, 5.41) is 3.70. The molecule has 0 fully saturated rings.